The minimum Gasteiger partial charge on any atom is -0.339 e. The predicted molar refractivity (Wildman–Crippen MR) is 83.9 cm³/mol. The van der Waals surface area contributed by atoms with E-state index in [9.17, 15) is 0 Å². The summed E-state index contributed by atoms with van der Waals surface area (Å²) in [6.07, 6.45) is 4.13. The summed E-state index contributed by atoms with van der Waals surface area (Å²) in [6.45, 7) is 6.09. The molecule has 0 saturated carbocycles. The fourth-order valence-corrected chi connectivity index (χ4v) is 2.32. The van der Waals surface area contributed by atoms with Crippen LogP contribution in [0.25, 0.3) is 0 Å². The van der Waals surface area contributed by atoms with Crippen molar-refractivity contribution in [3.8, 4) is 0 Å². The van der Waals surface area contributed by atoms with Crippen LogP contribution in [0.5, 0.6) is 0 Å². The molecular weight excluding hydrogens is 230 g/mol. The van der Waals surface area contributed by atoms with Crippen LogP contribution in [0.1, 0.15) is 19.8 Å². The van der Waals surface area contributed by atoms with E-state index in [1.165, 1.54) is 11.4 Å². The van der Waals surface area contributed by atoms with Gasteiger partial charge in [-0.2, -0.15) is 0 Å². The van der Waals surface area contributed by atoms with Crippen LogP contribution in [0.15, 0.2) is 73.3 Å². The maximum Gasteiger partial charge on any atom is 0.0413 e. The van der Waals surface area contributed by atoms with Crippen molar-refractivity contribution < 1.29 is 0 Å². The second-order valence-corrected chi connectivity index (χ2v) is 4.76. The number of anilines is 2. The molecule has 0 aliphatic carbocycles. The Balaban J connectivity index is 2.31. The molecule has 1 atom stereocenters. The first-order valence-corrected chi connectivity index (χ1v) is 6.83. The molecule has 0 N–H and O–H groups in total. The predicted octanol–water partition coefficient (Wildman–Crippen LogP) is 5.18. The zero-order valence-electron chi connectivity index (χ0n) is 11.5. The second-order valence-electron chi connectivity index (χ2n) is 4.76. The molecule has 98 valence electrons. The molecule has 2 rings (SSSR count). The van der Waals surface area contributed by atoms with Crippen LogP contribution >= 0.6 is 0 Å². The highest BCUT2D eigenvalue weighted by atomic mass is 15.2. The summed E-state index contributed by atoms with van der Waals surface area (Å²) >= 11 is 0. The topological polar surface area (TPSA) is 3.24 Å². The van der Waals surface area contributed by atoms with E-state index in [4.69, 9.17) is 0 Å². The second kappa shape index (κ2) is 6.79. The fourth-order valence-electron chi connectivity index (χ4n) is 2.32. The molecule has 0 saturated heterocycles. The van der Waals surface area contributed by atoms with E-state index in [0.29, 0.717) is 6.04 Å². The Morgan fingerprint density at radius 3 is 1.84 bits per heavy atom. The summed E-state index contributed by atoms with van der Waals surface area (Å²) in [5.41, 5.74) is 2.48. The van der Waals surface area contributed by atoms with Crippen LogP contribution < -0.4 is 4.90 Å². The third-order valence-electron chi connectivity index (χ3n) is 3.30. The Kier molecular flexibility index (Phi) is 4.79. The molecule has 19 heavy (non-hydrogen) atoms. The maximum atomic E-state index is 3.82. The monoisotopic (exact) mass is 251 g/mol. The van der Waals surface area contributed by atoms with E-state index in [0.717, 1.165) is 12.8 Å². The number of allylic oxidation sites excluding steroid dienone is 1. The molecule has 1 unspecified atom stereocenters. The largest absolute Gasteiger partial charge is 0.339 e. The molecule has 2 aromatic carbocycles. The summed E-state index contributed by atoms with van der Waals surface area (Å²) in [5.74, 6) is 0. The van der Waals surface area contributed by atoms with Gasteiger partial charge in [-0.1, -0.05) is 42.5 Å². The van der Waals surface area contributed by atoms with Gasteiger partial charge in [0.15, 0.2) is 0 Å². The van der Waals surface area contributed by atoms with Crippen molar-refractivity contribution in [1.29, 1.82) is 0 Å². The molecule has 0 radical (unpaired) electrons. The van der Waals surface area contributed by atoms with Crippen molar-refractivity contribution in [3.05, 3.63) is 73.3 Å². The van der Waals surface area contributed by atoms with Crippen LogP contribution in [0, 0.1) is 0 Å². The Hall–Kier alpha value is -2.02. The van der Waals surface area contributed by atoms with Crippen LogP contribution in [0.4, 0.5) is 11.4 Å². The quantitative estimate of drug-likeness (QED) is 0.639. The summed E-state index contributed by atoms with van der Waals surface area (Å²) in [6, 6.07) is 21.6. The highest BCUT2D eigenvalue weighted by Gasteiger charge is 2.15. The molecule has 2 aromatic rings. The lowest BCUT2D eigenvalue weighted by Gasteiger charge is -2.31. The van der Waals surface area contributed by atoms with Crippen LogP contribution in [0.3, 0.4) is 0 Å². The van der Waals surface area contributed by atoms with E-state index in [-0.39, 0.29) is 0 Å². The highest BCUT2D eigenvalue weighted by Crippen LogP contribution is 2.28. The van der Waals surface area contributed by atoms with Crippen molar-refractivity contribution in [2.45, 2.75) is 25.8 Å². The Labute approximate surface area is 116 Å². The number of para-hydroxylation sites is 2. The molecule has 1 heteroatoms. The third kappa shape index (κ3) is 3.47. The van der Waals surface area contributed by atoms with E-state index in [2.05, 4.69) is 79.1 Å². The van der Waals surface area contributed by atoms with E-state index in [1.54, 1.807) is 0 Å². The minimum absolute atomic E-state index is 0.447. The van der Waals surface area contributed by atoms with E-state index in [1.807, 2.05) is 6.08 Å². The van der Waals surface area contributed by atoms with E-state index < -0.39 is 0 Å². The molecule has 0 amide bonds. The number of hydrogen-bond donors (Lipinski definition) is 0. The van der Waals surface area contributed by atoms with Gasteiger partial charge in [0.25, 0.3) is 0 Å². The van der Waals surface area contributed by atoms with Gasteiger partial charge >= 0.3 is 0 Å². The van der Waals surface area contributed by atoms with Crippen LogP contribution in [-0.4, -0.2) is 6.04 Å². The fraction of sp³-hybridized carbons (Fsp3) is 0.222. The molecule has 0 bridgehead atoms. The minimum atomic E-state index is 0.447. The van der Waals surface area contributed by atoms with Crippen molar-refractivity contribution in [2.75, 3.05) is 4.90 Å². The van der Waals surface area contributed by atoms with Crippen LogP contribution in [-0.2, 0) is 0 Å². The number of rotatable bonds is 6. The SMILES string of the molecule is C=CCCC(C)N(c1ccccc1)c1ccccc1. The molecule has 0 heterocycles. The van der Waals surface area contributed by atoms with Gasteiger partial charge < -0.3 is 4.90 Å². The first-order chi connectivity index (χ1) is 9.33. The molecule has 0 aliphatic heterocycles. The van der Waals surface area contributed by atoms with Gasteiger partial charge in [0.2, 0.25) is 0 Å². The number of benzene rings is 2. The zero-order valence-corrected chi connectivity index (χ0v) is 11.5. The normalized spacial score (nSPS) is 11.8. The van der Waals surface area contributed by atoms with E-state index >= 15 is 0 Å². The molecule has 0 fully saturated rings. The highest BCUT2D eigenvalue weighted by molar-refractivity contribution is 5.63. The van der Waals surface area contributed by atoms with Gasteiger partial charge in [-0.15, -0.1) is 6.58 Å². The Bertz CT molecular complexity index is 450. The summed E-state index contributed by atoms with van der Waals surface area (Å²) in [7, 11) is 0. The molecule has 1 nitrogen and oxygen atoms in total. The molecule has 0 aromatic heterocycles. The summed E-state index contributed by atoms with van der Waals surface area (Å²) in [4.78, 5) is 2.39. The van der Waals surface area contributed by atoms with Crippen molar-refractivity contribution >= 4 is 11.4 Å². The average Bonchev–Trinajstić information content (AvgIpc) is 2.47. The maximum absolute atomic E-state index is 3.82. The first kappa shape index (κ1) is 13.4. The lowest BCUT2D eigenvalue weighted by atomic mass is 10.1. The smallest absolute Gasteiger partial charge is 0.0413 e. The third-order valence-corrected chi connectivity index (χ3v) is 3.30. The Morgan fingerprint density at radius 2 is 1.42 bits per heavy atom. The number of hydrogen-bond acceptors (Lipinski definition) is 1. The van der Waals surface area contributed by atoms with Gasteiger partial charge in [-0.25, -0.2) is 0 Å². The van der Waals surface area contributed by atoms with Crippen molar-refractivity contribution in [1.82, 2.24) is 0 Å². The van der Waals surface area contributed by atoms with Gasteiger partial charge in [-0.3, -0.25) is 0 Å². The van der Waals surface area contributed by atoms with Crippen molar-refractivity contribution in [2.24, 2.45) is 0 Å². The number of nitrogens with zero attached hydrogens (tertiary/aromatic N) is 1. The zero-order chi connectivity index (χ0) is 13.5. The molecular formula is C18H21N. The summed E-state index contributed by atoms with van der Waals surface area (Å²) < 4.78 is 0. The van der Waals surface area contributed by atoms with Crippen LogP contribution in [0.2, 0.25) is 0 Å². The standard InChI is InChI=1S/C18H21N/c1-3-4-11-16(2)19(17-12-7-5-8-13-17)18-14-9-6-10-15-18/h3,5-10,12-16H,1,4,11H2,2H3. The molecule has 0 aliphatic rings. The first-order valence-electron chi connectivity index (χ1n) is 6.83. The summed E-state index contributed by atoms with van der Waals surface area (Å²) in [5, 5.41) is 0. The average molecular weight is 251 g/mol. The molecule has 0 spiro atoms. The lowest BCUT2D eigenvalue weighted by Crippen LogP contribution is -2.28. The van der Waals surface area contributed by atoms with Gasteiger partial charge in [0.1, 0.15) is 0 Å². The van der Waals surface area contributed by atoms with Crippen molar-refractivity contribution in [3.63, 3.8) is 0 Å². The van der Waals surface area contributed by atoms with Gasteiger partial charge in [0, 0.05) is 17.4 Å². The lowest BCUT2D eigenvalue weighted by molar-refractivity contribution is 0.655. The van der Waals surface area contributed by atoms with Gasteiger partial charge in [-0.05, 0) is 44.0 Å². The Morgan fingerprint density at radius 1 is 0.947 bits per heavy atom. The van der Waals surface area contributed by atoms with Gasteiger partial charge in [0.05, 0.1) is 0 Å².